The molecule has 33 heavy (non-hydrogen) atoms. The molecule has 2 heterocycles. The summed E-state index contributed by atoms with van der Waals surface area (Å²) >= 11 is 1.34. The third-order valence-corrected chi connectivity index (χ3v) is 6.34. The number of ether oxygens (including phenoxy) is 2. The number of nitrogens with zero attached hydrogens (tertiary/aromatic N) is 3. The monoisotopic (exact) mass is 464 g/mol. The van der Waals surface area contributed by atoms with Gasteiger partial charge in [0, 0.05) is 12.2 Å². The quantitative estimate of drug-likeness (QED) is 0.367. The lowest BCUT2D eigenvalue weighted by molar-refractivity contribution is -0.113. The molecule has 8 heteroatoms. The molecule has 0 radical (unpaired) electrons. The van der Waals surface area contributed by atoms with Crippen LogP contribution < -0.4 is 14.8 Å². The number of fused-ring (bicyclic) bond motifs is 1. The van der Waals surface area contributed by atoms with Crippen LogP contribution in [0.1, 0.15) is 42.8 Å². The molecule has 2 aromatic carbocycles. The molecule has 7 nitrogen and oxygen atoms in total. The molecular weight excluding hydrogens is 436 g/mol. The number of amides is 1. The molecular formula is C25H28N4O3S. The lowest BCUT2D eigenvalue weighted by Crippen LogP contribution is -2.25. The van der Waals surface area contributed by atoms with Gasteiger partial charge in [-0.2, -0.15) is 0 Å². The van der Waals surface area contributed by atoms with Gasteiger partial charge in [-0.25, -0.2) is 0 Å². The maximum absolute atomic E-state index is 12.8. The molecule has 1 atom stereocenters. The second-order valence-corrected chi connectivity index (χ2v) is 9.08. The minimum atomic E-state index is -0.393. The van der Waals surface area contributed by atoms with Crippen LogP contribution in [0.3, 0.4) is 0 Å². The minimum absolute atomic E-state index is 0.0860. The van der Waals surface area contributed by atoms with E-state index >= 15 is 0 Å². The van der Waals surface area contributed by atoms with E-state index in [0.29, 0.717) is 41.5 Å². The van der Waals surface area contributed by atoms with Crippen molar-refractivity contribution in [1.29, 1.82) is 0 Å². The van der Waals surface area contributed by atoms with Crippen LogP contribution in [0, 0.1) is 6.92 Å². The van der Waals surface area contributed by atoms with Crippen LogP contribution in [-0.4, -0.2) is 33.0 Å². The average Bonchev–Trinajstić information content (AvgIpc) is 3.21. The predicted molar refractivity (Wildman–Crippen MR) is 130 cm³/mol. The van der Waals surface area contributed by atoms with Crippen molar-refractivity contribution < 1.29 is 14.3 Å². The normalized spacial score (nSPS) is 14.8. The summed E-state index contributed by atoms with van der Waals surface area (Å²) in [6, 6.07) is 13.6. The van der Waals surface area contributed by atoms with E-state index in [1.165, 1.54) is 11.8 Å². The lowest BCUT2D eigenvalue weighted by atomic mass is 9.98. The van der Waals surface area contributed by atoms with Crippen molar-refractivity contribution in [3.8, 4) is 11.5 Å². The Balaban J connectivity index is 1.47. The standard InChI is InChI=1S/C25H28N4O3S/c1-5-13-29-24(21-14-31-19-11-6-7-12-20(19)32-21)27-28-25(29)33-15-22(30)26-23-17(4)9-8-10-18(23)16(2)3/h5-12,16,21H,1,13-15H2,2-4H3,(H,26,30)/t21-/m1/s1. The molecule has 172 valence electrons. The maximum atomic E-state index is 12.8. The fraction of sp³-hybridized carbons (Fsp3) is 0.320. The van der Waals surface area contributed by atoms with Crippen molar-refractivity contribution >= 4 is 23.4 Å². The van der Waals surface area contributed by atoms with Crippen molar-refractivity contribution in [2.24, 2.45) is 0 Å². The van der Waals surface area contributed by atoms with Gasteiger partial charge < -0.3 is 14.8 Å². The van der Waals surface area contributed by atoms with Gasteiger partial charge in [0.2, 0.25) is 5.91 Å². The molecule has 1 N–H and O–H groups in total. The van der Waals surface area contributed by atoms with E-state index in [1.54, 1.807) is 6.08 Å². The Morgan fingerprint density at radius 2 is 2.03 bits per heavy atom. The van der Waals surface area contributed by atoms with E-state index < -0.39 is 6.10 Å². The van der Waals surface area contributed by atoms with E-state index in [2.05, 4.69) is 42.0 Å². The predicted octanol–water partition coefficient (Wildman–Crippen LogP) is 5.14. The number of para-hydroxylation sites is 3. The van der Waals surface area contributed by atoms with Crippen LogP contribution in [0.2, 0.25) is 0 Å². The van der Waals surface area contributed by atoms with E-state index in [0.717, 1.165) is 16.8 Å². The molecule has 1 aliphatic rings. The zero-order valence-electron chi connectivity index (χ0n) is 19.1. The molecule has 3 aromatic rings. The minimum Gasteiger partial charge on any atom is -0.485 e. The largest absolute Gasteiger partial charge is 0.485 e. The van der Waals surface area contributed by atoms with Gasteiger partial charge in [-0.15, -0.1) is 16.8 Å². The Morgan fingerprint density at radius 3 is 2.79 bits per heavy atom. The Hall–Kier alpha value is -3.26. The summed E-state index contributed by atoms with van der Waals surface area (Å²) < 4.78 is 13.9. The van der Waals surface area contributed by atoms with E-state index in [4.69, 9.17) is 9.47 Å². The first-order chi connectivity index (χ1) is 16.0. The Morgan fingerprint density at radius 1 is 1.24 bits per heavy atom. The summed E-state index contributed by atoms with van der Waals surface area (Å²) in [6.45, 7) is 10.9. The zero-order valence-corrected chi connectivity index (χ0v) is 19.9. The molecule has 0 fully saturated rings. The lowest BCUT2D eigenvalue weighted by Gasteiger charge is -2.26. The number of rotatable bonds is 8. The van der Waals surface area contributed by atoms with Gasteiger partial charge in [0.05, 0.1) is 5.75 Å². The summed E-state index contributed by atoms with van der Waals surface area (Å²) in [7, 11) is 0. The highest BCUT2D eigenvalue weighted by Gasteiger charge is 2.28. The van der Waals surface area contributed by atoms with Crippen LogP contribution in [-0.2, 0) is 11.3 Å². The molecule has 4 rings (SSSR count). The SMILES string of the molecule is C=CCn1c(SCC(=O)Nc2c(C)cccc2C(C)C)nnc1[C@H]1COc2ccccc2O1. The van der Waals surface area contributed by atoms with Crippen LogP contribution in [0.4, 0.5) is 5.69 Å². The summed E-state index contributed by atoms with van der Waals surface area (Å²) in [4.78, 5) is 12.8. The summed E-state index contributed by atoms with van der Waals surface area (Å²) in [6.07, 6.45) is 1.38. The van der Waals surface area contributed by atoms with Gasteiger partial charge >= 0.3 is 0 Å². The molecule has 0 unspecified atom stereocenters. The number of thioether (sulfide) groups is 1. The zero-order chi connectivity index (χ0) is 23.4. The molecule has 0 saturated heterocycles. The smallest absolute Gasteiger partial charge is 0.234 e. The van der Waals surface area contributed by atoms with Gasteiger partial charge in [0.25, 0.3) is 0 Å². The summed E-state index contributed by atoms with van der Waals surface area (Å²) in [5.74, 6) is 2.48. The fourth-order valence-electron chi connectivity index (χ4n) is 3.74. The first-order valence-corrected chi connectivity index (χ1v) is 11.9. The molecule has 1 aliphatic heterocycles. The molecule has 0 bridgehead atoms. The number of aromatic nitrogens is 3. The second kappa shape index (κ2) is 10.1. The van der Waals surface area contributed by atoms with Crippen molar-refractivity contribution in [3.63, 3.8) is 0 Å². The van der Waals surface area contributed by atoms with Gasteiger partial charge in [-0.3, -0.25) is 9.36 Å². The van der Waals surface area contributed by atoms with E-state index in [1.807, 2.05) is 47.9 Å². The third-order valence-electron chi connectivity index (χ3n) is 5.38. The molecule has 0 aliphatic carbocycles. The number of aryl methyl sites for hydroxylation is 1. The highest BCUT2D eigenvalue weighted by molar-refractivity contribution is 7.99. The molecule has 1 aromatic heterocycles. The summed E-state index contributed by atoms with van der Waals surface area (Å²) in [5.41, 5.74) is 3.06. The number of benzene rings is 2. The molecule has 1 amide bonds. The van der Waals surface area contributed by atoms with Gasteiger partial charge in [-0.05, 0) is 36.1 Å². The Kier molecular flexibility index (Phi) is 7.03. The van der Waals surface area contributed by atoms with Crippen molar-refractivity contribution in [2.75, 3.05) is 17.7 Å². The fourth-order valence-corrected chi connectivity index (χ4v) is 4.50. The highest BCUT2D eigenvalue weighted by atomic mass is 32.2. The molecule has 0 saturated carbocycles. The number of carbonyl (C=O) groups is 1. The Labute approximate surface area is 198 Å². The Bertz CT molecular complexity index is 1160. The topological polar surface area (TPSA) is 78.3 Å². The number of hydrogen-bond donors (Lipinski definition) is 1. The average molecular weight is 465 g/mol. The third kappa shape index (κ3) is 5.06. The second-order valence-electron chi connectivity index (χ2n) is 8.13. The van der Waals surface area contributed by atoms with Crippen molar-refractivity contribution in [1.82, 2.24) is 14.8 Å². The number of carbonyl (C=O) groups excluding carboxylic acids is 1. The number of hydrogen-bond acceptors (Lipinski definition) is 6. The maximum Gasteiger partial charge on any atom is 0.234 e. The number of allylic oxidation sites excluding steroid dienone is 1. The molecule has 0 spiro atoms. The van der Waals surface area contributed by atoms with E-state index in [-0.39, 0.29) is 11.7 Å². The van der Waals surface area contributed by atoms with Gasteiger partial charge in [0.1, 0.15) is 6.61 Å². The van der Waals surface area contributed by atoms with Crippen molar-refractivity contribution in [2.45, 2.75) is 44.5 Å². The number of anilines is 1. The van der Waals surface area contributed by atoms with Crippen LogP contribution in [0.5, 0.6) is 11.5 Å². The van der Waals surface area contributed by atoms with Crippen LogP contribution >= 0.6 is 11.8 Å². The van der Waals surface area contributed by atoms with Crippen molar-refractivity contribution in [3.05, 3.63) is 72.1 Å². The van der Waals surface area contributed by atoms with Gasteiger partial charge in [-0.1, -0.05) is 62.0 Å². The summed E-state index contributed by atoms with van der Waals surface area (Å²) in [5, 5.41) is 12.4. The highest BCUT2D eigenvalue weighted by Crippen LogP contribution is 2.36. The first-order valence-electron chi connectivity index (χ1n) is 10.9. The first kappa shape index (κ1) is 22.9. The van der Waals surface area contributed by atoms with Gasteiger partial charge in [0.15, 0.2) is 28.6 Å². The van der Waals surface area contributed by atoms with Crippen LogP contribution in [0.25, 0.3) is 0 Å². The van der Waals surface area contributed by atoms with E-state index in [9.17, 15) is 4.79 Å². The number of nitrogens with one attached hydrogen (secondary N) is 1. The van der Waals surface area contributed by atoms with Crippen LogP contribution in [0.15, 0.2) is 60.3 Å².